The molecule has 0 radical (unpaired) electrons. The van der Waals surface area contributed by atoms with Crippen molar-refractivity contribution in [1.29, 1.82) is 0 Å². The van der Waals surface area contributed by atoms with Crippen molar-refractivity contribution < 1.29 is 9.32 Å². The Kier molecular flexibility index (Phi) is 4.84. The third kappa shape index (κ3) is 4.10. The third-order valence-corrected chi connectivity index (χ3v) is 2.68. The second-order valence-corrected chi connectivity index (χ2v) is 5.34. The van der Waals surface area contributed by atoms with Gasteiger partial charge in [0.25, 0.3) is 0 Å². The van der Waals surface area contributed by atoms with E-state index < -0.39 is 6.04 Å². The Morgan fingerprint density at radius 2 is 2.17 bits per heavy atom. The van der Waals surface area contributed by atoms with E-state index >= 15 is 0 Å². The molecule has 102 valence electrons. The van der Waals surface area contributed by atoms with Gasteiger partial charge in [0.15, 0.2) is 5.82 Å². The number of aryl methyl sites for hydroxylation is 1. The van der Waals surface area contributed by atoms with Gasteiger partial charge in [0, 0.05) is 19.4 Å². The molecule has 3 N–H and O–H groups in total. The molecule has 0 unspecified atom stereocenters. The zero-order valence-electron chi connectivity index (χ0n) is 11.5. The predicted molar refractivity (Wildman–Crippen MR) is 67.8 cm³/mol. The summed E-state index contributed by atoms with van der Waals surface area (Å²) in [6.07, 6.45) is 1.26. The van der Waals surface area contributed by atoms with E-state index in [0.717, 1.165) is 0 Å². The molecule has 0 saturated carbocycles. The van der Waals surface area contributed by atoms with Gasteiger partial charge in [-0.25, -0.2) is 0 Å². The van der Waals surface area contributed by atoms with E-state index in [2.05, 4.69) is 15.5 Å². The van der Waals surface area contributed by atoms with E-state index in [1.54, 1.807) is 0 Å². The van der Waals surface area contributed by atoms with E-state index in [4.69, 9.17) is 10.3 Å². The number of nitrogens with zero attached hydrogens (tertiary/aromatic N) is 2. The van der Waals surface area contributed by atoms with Crippen LogP contribution in [0, 0.1) is 5.41 Å². The molecule has 6 nitrogen and oxygen atoms in total. The molecule has 1 amide bonds. The number of nitrogens with two attached hydrogens (primary N) is 1. The fourth-order valence-electron chi connectivity index (χ4n) is 1.34. The molecule has 0 aliphatic carbocycles. The van der Waals surface area contributed by atoms with Gasteiger partial charge in [0.05, 0.1) is 6.04 Å². The largest absolute Gasteiger partial charge is 0.354 e. The number of carbonyl (C=O) groups is 1. The van der Waals surface area contributed by atoms with E-state index in [1.165, 1.54) is 0 Å². The monoisotopic (exact) mass is 254 g/mol. The number of nitrogens with one attached hydrogen (secondary N) is 1. The Labute approximate surface area is 107 Å². The summed E-state index contributed by atoms with van der Waals surface area (Å²) in [6, 6.07) is -0.519. The van der Waals surface area contributed by atoms with Crippen molar-refractivity contribution in [2.24, 2.45) is 11.1 Å². The first-order valence-electron chi connectivity index (χ1n) is 6.19. The van der Waals surface area contributed by atoms with Gasteiger partial charge in [-0.05, 0) is 5.41 Å². The highest BCUT2D eigenvalue weighted by molar-refractivity contribution is 5.82. The molecule has 0 saturated heterocycles. The lowest BCUT2D eigenvalue weighted by atomic mass is 9.87. The summed E-state index contributed by atoms with van der Waals surface area (Å²) in [5.74, 6) is 1.07. The fraction of sp³-hybridized carbons (Fsp3) is 0.750. The number of carbonyl (C=O) groups excluding carboxylic acids is 1. The lowest BCUT2D eigenvalue weighted by Gasteiger charge is -2.25. The van der Waals surface area contributed by atoms with Crippen LogP contribution in [-0.2, 0) is 17.6 Å². The number of aromatic nitrogens is 2. The summed E-state index contributed by atoms with van der Waals surface area (Å²) in [5, 5.41) is 6.59. The van der Waals surface area contributed by atoms with Crippen LogP contribution in [-0.4, -0.2) is 28.6 Å². The first-order chi connectivity index (χ1) is 8.34. The van der Waals surface area contributed by atoms with Gasteiger partial charge < -0.3 is 15.6 Å². The van der Waals surface area contributed by atoms with Crippen LogP contribution in [0.15, 0.2) is 4.52 Å². The van der Waals surface area contributed by atoms with Crippen molar-refractivity contribution in [3.05, 3.63) is 11.7 Å². The average molecular weight is 254 g/mol. The maximum Gasteiger partial charge on any atom is 0.237 e. The van der Waals surface area contributed by atoms with Gasteiger partial charge in [0.2, 0.25) is 11.8 Å². The smallest absolute Gasteiger partial charge is 0.237 e. The van der Waals surface area contributed by atoms with Crippen molar-refractivity contribution in [1.82, 2.24) is 15.5 Å². The topological polar surface area (TPSA) is 94.0 Å². The second kappa shape index (κ2) is 5.95. The SMILES string of the molecule is CCc1nc(CCNC(=O)[C@@H](N)C(C)(C)C)no1. The first kappa shape index (κ1) is 14.6. The summed E-state index contributed by atoms with van der Waals surface area (Å²) >= 11 is 0. The summed E-state index contributed by atoms with van der Waals surface area (Å²) < 4.78 is 4.97. The molecule has 1 heterocycles. The first-order valence-corrected chi connectivity index (χ1v) is 6.19. The minimum Gasteiger partial charge on any atom is -0.354 e. The van der Waals surface area contributed by atoms with Crippen LogP contribution in [0.2, 0.25) is 0 Å². The molecule has 0 fully saturated rings. The van der Waals surface area contributed by atoms with Crippen LogP contribution in [0.4, 0.5) is 0 Å². The highest BCUT2D eigenvalue weighted by Crippen LogP contribution is 2.16. The van der Waals surface area contributed by atoms with E-state index in [-0.39, 0.29) is 11.3 Å². The Morgan fingerprint density at radius 1 is 1.50 bits per heavy atom. The normalized spacial score (nSPS) is 13.4. The van der Waals surface area contributed by atoms with Crippen LogP contribution in [0.5, 0.6) is 0 Å². The van der Waals surface area contributed by atoms with Gasteiger partial charge in [0.1, 0.15) is 0 Å². The number of hydrogen-bond donors (Lipinski definition) is 2. The number of hydrogen-bond acceptors (Lipinski definition) is 5. The van der Waals surface area contributed by atoms with Crippen LogP contribution in [0.25, 0.3) is 0 Å². The lowest BCUT2D eigenvalue weighted by molar-refractivity contribution is -0.124. The van der Waals surface area contributed by atoms with Gasteiger partial charge in [-0.1, -0.05) is 32.9 Å². The van der Waals surface area contributed by atoms with Crippen molar-refractivity contribution in [2.45, 2.75) is 46.6 Å². The molecule has 1 aromatic rings. The highest BCUT2D eigenvalue weighted by atomic mass is 16.5. The quantitative estimate of drug-likeness (QED) is 0.805. The Balaban J connectivity index is 2.35. The van der Waals surface area contributed by atoms with Crippen LogP contribution < -0.4 is 11.1 Å². The molecule has 6 heteroatoms. The van der Waals surface area contributed by atoms with Crippen LogP contribution in [0.1, 0.15) is 39.4 Å². The zero-order chi connectivity index (χ0) is 13.8. The molecule has 1 atom stereocenters. The van der Waals surface area contributed by atoms with Crippen LogP contribution >= 0.6 is 0 Å². The molecule has 18 heavy (non-hydrogen) atoms. The Bertz CT molecular complexity index is 395. The maximum absolute atomic E-state index is 11.7. The molecule has 0 aliphatic heterocycles. The van der Waals surface area contributed by atoms with Crippen molar-refractivity contribution >= 4 is 5.91 Å². The summed E-state index contributed by atoms with van der Waals surface area (Å²) in [7, 11) is 0. The minimum atomic E-state index is -0.519. The van der Waals surface area contributed by atoms with Crippen molar-refractivity contribution in [3.8, 4) is 0 Å². The Morgan fingerprint density at radius 3 is 2.67 bits per heavy atom. The molecule has 0 bridgehead atoms. The van der Waals surface area contributed by atoms with E-state index in [0.29, 0.717) is 31.1 Å². The molecule has 0 aromatic carbocycles. The number of rotatable bonds is 5. The van der Waals surface area contributed by atoms with Crippen LogP contribution in [0.3, 0.4) is 0 Å². The van der Waals surface area contributed by atoms with Gasteiger partial charge >= 0.3 is 0 Å². The summed E-state index contributed by atoms with van der Waals surface area (Å²) in [5.41, 5.74) is 5.59. The standard InChI is InChI=1S/C12H22N4O2/c1-5-9-15-8(16-18-9)6-7-14-11(17)10(13)12(2,3)4/h10H,5-7,13H2,1-4H3,(H,14,17)/t10-/m1/s1. The summed E-state index contributed by atoms with van der Waals surface area (Å²) in [4.78, 5) is 15.9. The maximum atomic E-state index is 11.7. The van der Waals surface area contributed by atoms with Crippen molar-refractivity contribution in [2.75, 3.05) is 6.54 Å². The third-order valence-electron chi connectivity index (χ3n) is 2.68. The highest BCUT2D eigenvalue weighted by Gasteiger charge is 2.27. The summed E-state index contributed by atoms with van der Waals surface area (Å²) in [6.45, 7) is 8.21. The minimum absolute atomic E-state index is 0.151. The van der Waals surface area contributed by atoms with Gasteiger partial charge in [-0.2, -0.15) is 4.98 Å². The van der Waals surface area contributed by atoms with Crippen molar-refractivity contribution in [3.63, 3.8) is 0 Å². The van der Waals surface area contributed by atoms with Gasteiger partial charge in [-0.3, -0.25) is 4.79 Å². The molecular weight excluding hydrogens is 232 g/mol. The predicted octanol–water partition coefficient (Wildman–Crippen LogP) is 0.664. The fourth-order valence-corrected chi connectivity index (χ4v) is 1.34. The molecule has 1 rings (SSSR count). The van der Waals surface area contributed by atoms with Gasteiger partial charge in [-0.15, -0.1) is 0 Å². The van der Waals surface area contributed by atoms with E-state index in [1.807, 2.05) is 27.7 Å². The molecule has 0 spiro atoms. The lowest BCUT2D eigenvalue weighted by Crippen LogP contribution is -2.49. The van der Waals surface area contributed by atoms with E-state index in [9.17, 15) is 4.79 Å². The Hall–Kier alpha value is -1.43. The molecular formula is C12H22N4O2. The average Bonchev–Trinajstić information content (AvgIpc) is 2.74. The zero-order valence-corrected chi connectivity index (χ0v) is 11.5. The molecule has 0 aliphatic rings. The molecule has 1 aromatic heterocycles. The second-order valence-electron chi connectivity index (χ2n) is 5.34. The number of amides is 1.